The number of aryl methyl sites for hydroxylation is 2. The molecular formula is C19H16BrN5. The Kier molecular flexibility index (Phi) is 4.96. The van der Waals surface area contributed by atoms with Gasteiger partial charge >= 0.3 is 0 Å². The van der Waals surface area contributed by atoms with Crippen molar-refractivity contribution < 1.29 is 0 Å². The lowest BCUT2D eigenvalue weighted by Gasteiger charge is -2.11. The van der Waals surface area contributed by atoms with E-state index in [1.54, 1.807) is 6.07 Å². The van der Waals surface area contributed by atoms with Gasteiger partial charge in [-0.2, -0.15) is 5.26 Å². The van der Waals surface area contributed by atoms with Crippen LogP contribution in [0.1, 0.15) is 17.0 Å². The van der Waals surface area contributed by atoms with E-state index in [-0.39, 0.29) is 0 Å². The highest BCUT2D eigenvalue weighted by atomic mass is 79.9. The summed E-state index contributed by atoms with van der Waals surface area (Å²) in [6.07, 6.45) is 0. The minimum Gasteiger partial charge on any atom is -0.340 e. The molecule has 2 aromatic carbocycles. The Bertz CT molecular complexity index is 962. The van der Waals surface area contributed by atoms with Crippen LogP contribution in [0.4, 0.5) is 23.0 Å². The van der Waals surface area contributed by atoms with E-state index in [1.165, 1.54) is 0 Å². The third-order valence-corrected chi connectivity index (χ3v) is 4.47. The molecule has 0 aliphatic carbocycles. The summed E-state index contributed by atoms with van der Waals surface area (Å²) in [5.41, 5.74) is 3.37. The van der Waals surface area contributed by atoms with E-state index >= 15 is 0 Å². The Morgan fingerprint density at radius 3 is 2.40 bits per heavy atom. The monoisotopic (exact) mass is 393 g/mol. The fraction of sp³-hybridized carbons (Fsp3) is 0.105. The maximum absolute atomic E-state index is 9.21. The van der Waals surface area contributed by atoms with Crippen LogP contribution in [0.5, 0.6) is 0 Å². The van der Waals surface area contributed by atoms with Crippen molar-refractivity contribution in [3.8, 4) is 6.07 Å². The number of benzene rings is 2. The molecule has 1 heterocycles. The van der Waals surface area contributed by atoms with Crippen LogP contribution in [0.15, 0.2) is 53.0 Å². The predicted molar refractivity (Wildman–Crippen MR) is 103 cm³/mol. The molecule has 3 aromatic rings. The number of aromatic nitrogens is 2. The van der Waals surface area contributed by atoms with Crippen molar-refractivity contribution in [1.82, 2.24) is 9.97 Å². The number of hydrogen-bond donors (Lipinski definition) is 2. The quantitative estimate of drug-likeness (QED) is 0.635. The van der Waals surface area contributed by atoms with Crippen LogP contribution in [-0.2, 0) is 0 Å². The smallest absolute Gasteiger partial charge is 0.136 e. The standard InChI is InChI=1S/C19H16BrN5/c1-12-9-15(7-8-16(12)20)24-18-10-19(23-13(2)22-18)25-17-6-4-3-5-14(17)11-21/h3-10H,1-2H3,(H2,22,23,24,25). The van der Waals surface area contributed by atoms with Gasteiger partial charge in [0.1, 0.15) is 23.5 Å². The van der Waals surface area contributed by atoms with E-state index in [9.17, 15) is 5.26 Å². The van der Waals surface area contributed by atoms with Gasteiger partial charge in [-0.05, 0) is 49.7 Å². The maximum atomic E-state index is 9.21. The van der Waals surface area contributed by atoms with Crippen LogP contribution in [0.2, 0.25) is 0 Å². The number of rotatable bonds is 4. The Morgan fingerprint density at radius 1 is 0.960 bits per heavy atom. The van der Waals surface area contributed by atoms with E-state index in [1.807, 2.05) is 56.3 Å². The molecule has 0 atom stereocenters. The zero-order valence-electron chi connectivity index (χ0n) is 13.8. The number of hydrogen-bond acceptors (Lipinski definition) is 5. The van der Waals surface area contributed by atoms with Crippen molar-refractivity contribution in [3.05, 3.63) is 70.0 Å². The minimum atomic E-state index is 0.566. The first-order valence-electron chi connectivity index (χ1n) is 7.70. The first-order valence-corrected chi connectivity index (χ1v) is 8.49. The van der Waals surface area contributed by atoms with E-state index in [0.29, 0.717) is 28.7 Å². The van der Waals surface area contributed by atoms with Gasteiger partial charge in [-0.25, -0.2) is 9.97 Å². The van der Waals surface area contributed by atoms with Crippen LogP contribution in [0.25, 0.3) is 0 Å². The minimum absolute atomic E-state index is 0.566. The van der Waals surface area contributed by atoms with Crippen molar-refractivity contribution in [1.29, 1.82) is 5.26 Å². The van der Waals surface area contributed by atoms with Gasteiger partial charge < -0.3 is 10.6 Å². The molecule has 0 saturated carbocycles. The summed E-state index contributed by atoms with van der Waals surface area (Å²) < 4.78 is 1.06. The highest BCUT2D eigenvalue weighted by Gasteiger charge is 2.06. The molecule has 2 N–H and O–H groups in total. The van der Waals surface area contributed by atoms with Gasteiger partial charge in [0.25, 0.3) is 0 Å². The molecule has 0 aliphatic heterocycles. The predicted octanol–water partition coefficient (Wildman–Crippen LogP) is 5.21. The molecule has 0 amide bonds. The molecule has 3 rings (SSSR count). The van der Waals surface area contributed by atoms with Crippen LogP contribution in [-0.4, -0.2) is 9.97 Å². The van der Waals surface area contributed by atoms with Gasteiger partial charge in [-0.15, -0.1) is 0 Å². The van der Waals surface area contributed by atoms with Gasteiger partial charge in [0.15, 0.2) is 0 Å². The van der Waals surface area contributed by atoms with Crippen molar-refractivity contribution in [3.63, 3.8) is 0 Å². The third-order valence-electron chi connectivity index (χ3n) is 3.58. The van der Waals surface area contributed by atoms with Crippen LogP contribution in [0.3, 0.4) is 0 Å². The summed E-state index contributed by atoms with van der Waals surface area (Å²) in [5, 5.41) is 15.7. The number of nitrogens with zero attached hydrogens (tertiary/aromatic N) is 3. The number of nitrogens with one attached hydrogen (secondary N) is 2. The van der Waals surface area contributed by atoms with Gasteiger partial charge in [0.2, 0.25) is 0 Å². The molecule has 0 radical (unpaired) electrons. The van der Waals surface area contributed by atoms with E-state index in [4.69, 9.17) is 0 Å². The van der Waals surface area contributed by atoms with Crippen LogP contribution >= 0.6 is 15.9 Å². The third kappa shape index (κ3) is 4.14. The second-order valence-electron chi connectivity index (χ2n) is 5.56. The zero-order valence-corrected chi connectivity index (χ0v) is 15.4. The summed E-state index contributed by atoms with van der Waals surface area (Å²) in [5.74, 6) is 1.95. The van der Waals surface area contributed by atoms with E-state index in [0.717, 1.165) is 15.7 Å². The molecule has 6 heteroatoms. The molecule has 0 fully saturated rings. The molecule has 0 bridgehead atoms. The Balaban J connectivity index is 1.88. The topological polar surface area (TPSA) is 73.6 Å². The highest BCUT2D eigenvalue weighted by molar-refractivity contribution is 9.10. The first kappa shape index (κ1) is 16.9. The van der Waals surface area contributed by atoms with Crippen molar-refractivity contribution in [2.75, 3.05) is 10.6 Å². The zero-order chi connectivity index (χ0) is 17.8. The van der Waals surface area contributed by atoms with Gasteiger partial charge in [-0.1, -0.05) is 28.1 Å². The lowest BCUT2D eigenvalue weighted by molar-refractivity contribution is 1.06. The Morgan fingerprint density at radius 2 is 1.68 bits per heavy atom. The fourth-order valence-corrected chi connectivity index (χ4v) is 2.64. The van der Waals surface area contributed by atoms with E-state index < -0.39 is 0 Å². The Labute approximate surface area is 154 Å². The van der Waals surface area contributed by atoms with Crippen LogP contribution < -0.4 is 10.6 Å². The summed E-state index contributed by atoms with van der Waals surface area (Å²) in [6.45, 7) is 3.87. The molecule has 0 saturated heterocycles. The van der Waals surface area contributed by atoms with Crippen molar-refractivity contribution >= 4 is 38.9 Å². The number of para-hydroxylation sites is 1. The molecule has 25 heavy (non-hydrogen) atoms. The summed E-state index contributed by atoms with van der Waals surface area (Å²) in [4.78, 5) is 8.83. The number of anilines is 4. The Hall–Kier alpha value is -2.91. The average Bonchev–Trinajstić information content (AvgIpc) is 2.58. The average molecular weight is 394 g/mol. The SMILES string of the molecule is Cc1nc(Nc2ccc(Br)c(C)c2)cc(Nc2ccccc2C#N)n1. The molecule has 0 spiro atoms. The summed E-state index contributed by atoms with van der Waals surface area (Å²) in [6, 6.07) is 17.3. The number of nitriles is 1. The fourth-order valence-electron chi connectivity index (χ4n) is 2.39. The number of halogens is 1. The molecule has 124 valence electrons. The lowest BCUT2D eigenvalue weighted by Crippen LogP contribution is -2.02. The van der Waals surface area contributed by atoms with Gasteiger partial charge in [0.05, 0.1) is 11.3 Å². The molecule has 0 unspecified atom stereocenters. The van der Waals surface area contributed by atoms with Gasteiger partial charge in [0, 0.05) is 16.2 Å². The van der Waals surface area contributed by atoms with Crippen molar-refractivity contribution in [2.45, 2.75) is 13.8 Å². The maximum Gasteiger partial charge on any atom is 0.136 e. The molecular weight excluding hydrogens is 378 g/mol. The van der Waals surface area contributed by atoms with Crippen LogP contribution in [0, 0.1) is 25.2 Å². The second kappa shape index (κ2) is 7.32. The second-order valence-corrected chi connectivity index (χ2v) is 6.41. The van der Waals surface area contributed by atoms with E-state index in [2.05, 4.69) is 42.6 Å². The molecule has 1 aromatic heterocycles. The normalized spacial score (nSPS) is 10.2. The summed E-state index contributed by atoms with van der Waals surface area (Å²) >= 11 is 3.50. The molecule has 0 aliphatic rings. The van der Waals surface area contributed by atoms with Gasteiger partial charge in [-0.3, -0.25) is 0 Å². The largest absolute Gasteiger partial charge is 0.340 e. The summed E-state index contributed by atoms with van der Waals surface area (Å²) in [7, 11) is 0. The highest BCUT2D eigenvalue weighted by Crippen LogP contribution is 2.25. The molecule has 5 nitrogen and oxygen atoms in total. The first-order chi connectivity index (χ1) is 12.0. The van der Waals surface area contributed by atoms with Crippen molar-refractivity contribution in [2.24, 2.45) is 0 Å². The lowest BCUT2D eigenvalue weighted by atomic mass is 10.2.